The Morgan fingerprint density at radius 2 is 1.95 bits per heavy atom. The summed E-state index contributed by atoms with van der Waals surface area (Å²) in [5.41, 5.74) is 1.90. The van der Waals surface area contributed by atoms with Gasteiger partial charge >= 0.3 is 0 Å². The Bertz CT molecular complexity index is 854. The molecule has 0 aliphatic rings. The molecule has 0 radical (unpaired) electrons. The quantitative estimate of drug-likeness (QED) is 0.724. The Balaban J connectivity index is 2.31. The molecule has 0 aliphatic carbocycles. The minimum Gasteiger partial charge on any atom is -0.494 e. The van der Waals surface area contributed by atoms with E-state index in [9.17, 15) is 8.78 Å². The van der Waals surface area contributed by atoms with Gasteiger partial charge in [-0.05, 0) is 36.5 Å². The van der Waals surface area contributed by atoms with Gasteiger partial charge in [-0.15, -0.1) is 0 Å². The normalized spacial score (nSPS) is 10.9. The van der Waals surface area contributed by atoms with Crippen LogP contribution in [0.15, 0.2) is 36.4 Å². The second-order valence-electron chi connectivity index (χ2n) is 4.25. The van der Waals surface area contributed by atoms with Gasteiger partial charge in [0.2, 0.25) is 0 Å². The summed E-state index contributed by atoms with van der Waals surface area (Å²) in [5, 5.41) is 0. The number of halogens is 2. The molecule has 0 bridgehead atoms. The summed E-state index contributed by atoms with van der Waals surface area (Å²) < 4.78 is 33.9. The Morgan fingerprint density at radius 3 is 2.70 bits per heavy atom. The summed E-state index contributed by atoms with van der Waals surface area (Å²) in [6.07, 6.45) is 0. The maximum absolute atomic E-state index is 13.5. The fourth-order valence-electron chi connectivity index (χ4n) is 2.12. The minimum atomic E-state index is -0.464. The molecule has 0 amide bonds. The van der Waals surface area contributed by atoms with Gasteiger partial charge in [0, 0.05) is 12.1 Å². The first-order valence-electron chi connectivity index (χ1n) is 5.84. The zero-order chi connectivity index (χ0) is 14.3. The Hall–Kier alpha value is -2.21. The summed E-state index contributed by atoms with van der Waals surface area (Å²) in [4.78, 5) is 2.98. The molecule has 3 rings (SSSR count). The lowest BCUT2D eigenvalue weighted by Crippen LogP contribution is -1.97. The number of hydrogen-bond acceptors (Lipinski definition) is 2. The summed E-state index contributed by atoms with van der Waals surface area (Å²) in [5.74, 6) is -0.724. The highest BCUT2D eigenvalue weighted by Crippen LogP contribution is 2.25. The van der Waals surface area contributed by atoms with E-state index >= 15 is 0 Å². The van der Waals surface area contributed by atoms with Crippen LogP contribution in [-0.4, -0.2) is 16.7 Å². The number of rotatable bonds is 2. The molecular formula is C14H10F2N2OS. The van der Waals surface area contributed by atoms with Crippen molar-refractivity contribution in [1.29, 1.82) is 0 Å². The summed E-state index contributed by atoms with van der Waals surface area (Å²) >= 11 is 5.24. The van der Waals surface area contributed by atoms with E-state index in [1.807, 2.05) is 0 Å². The van der Waals surface area contributed by atoms with Crippen molar-refractivity contribution in [3.05, 3.63) is 52.8 Å². The number of imidazole rings is 1. The van der Waals surface area contributed by atoms with E-state index in [0.29, 0.717) is 21.5 Å². The molecule has 0 saturated heterocycles. The molecule has 1 N–H and O–H groups in total. The molecule has 1 heterocycles. The molecular weight excluding hydrogens is 282 g/mol. The molecule has 2 aromatic carbocycles. The fraction of sp³-hybridized carbons (Fsp3) is 0.0714. The lowest BCUT2D eigenvalue weighted by molar-refractivity contribution is 0.386. The van der Waals surface area contributed by atoms with Gasteiger partial charge in [0.25, 0.3) is 0 Å². The summed E-state index contributed by atoms with van der Waals surface area (Å²) in [7, 11) is 1.39. The highest BCUT2D eigenvalue weighted by molar-refractivity contribution is 7.71. The number of fused-ring (bicyclic) bond motifs is 1. The second kappa shape index (κ2) is 4.72. The molecule has 6 heteroatoms. The van der Waals surface area contributed by atoms with Gasteiger partial charge in [0.1, 0.15) is 5.82 Å². The van der Waals surface area contributed by atoms with Crippen molar-refractivity contribution in [2.75, 3.05) is 7.11 Å². The molecule has 0 saturated carbocycles. The molecule has 0 unspecified atom stereocenters. The number of aromatic amines is 1. The van der Waals surface area contributed by atoms with Gasteiger partial charge in [-0.2, -0.15) is 0 Å². The third-order valence-corrected chi connectivity index (χ3v) is 3.32. The Morgan fingerprint density at radius 1 is 1.15 bits per heavy atom. The topological polar surface area (TPSA) is 29.9 Å². The maximum Gasteiger partial charge on any atom is 0.182 e. The van der Waals surface area contributed by atoms with Gasteiger partial charge in [0.15, 0.2) is 16.3 Å². The summed E-state index contributed by atoms with van der Waals surface area (Å²) in [6, 6.07) is 8.70. The van der Waals surface area contributed by atoms with Crippen LogP contribution in [-0.2, 0) is 0 Å². The molecule has 1 aromatic heterocycles. The van der Waals surface area contributed by atoms with Crippen LogP contribution >= 0.6 is 12.2 Å². The Kier molecular flexibility index (Phi) is 3.02. The van der Waals surface area contributed by atoms with Crippen molar-refractivity contribution in [1.82, 2.24) is 9.55 Å². The third-order valence-electron chi connectivity index (χ3n) is 3.04. The summed E-state index contributed by atoms with van der Waals surface area (Å²) in [6.45, 7) is 0. The van der Waals surface area contributed by atoms with E-state index in [2.05, 4.69) is 4.98 Å². The van der Waals surface area contributed by atoms with Gasteiger partial charge in [0.05, 0.1) is 23.8 Å². The average molecular weight is 292 g/mol. The highest BCUT2D eigenvalue weighted by Gasteiger charge is 2.10. The van der Waals surface area contributed by atoms with Gasteiger partial charge in [-0.3, -0.25) is 4.57 Å². The predicted octanol–water partition coefficient (Wildman–Crippen LogP) is 3.97. The van der Waals surface area contributed by atoms with Crippen LogP contribution in [0.25, 0.3) is 16.7 Å². The number of aromatic nitrogens is 2. The molecule has 20 heavy (non-hydrogen) atoms. The fourth-order valence-corrected chi connectivity index (χ4v) is 2.43. The monoisotopic (exact) mass is 292 g/mol. The smallest absolute Gasteiger partial charge is 0.182 e. The van der Waals surface area contributed by atoms with Crippen molar-refractivity contribution < 1.29 is 13.5 Å². The van der Waals surface area contributed by atoms with Crippen LogP contribution in [0.2, 0.25) is 0 Å². The second-order valence-corrected chi connectivity index (χ2v) is 4.63. The lowest BCUT2D eigenvalue weighted by atomic mass is 10.2. The molecule has 102 valence electrons. The molecule has 0 aliphatic heterocycles. The number of hydrogen-bond donors (Lipinski definition) is 1. The zero-order valence-electron chi connectivity index (χ0n) is 10.5. The van der Waals surface area contributed by atoms with Crippen LogP contribution < -0.4 is 4.74 Å². The molecule has 0 spiro atoms. The predicted molar refractivity (Wildman–Crippen MR) is 74.9 cm³/mol. The van der Waals surface area contributed by atoms with Crippen LogP contribution in [0, 0.1) is 16.4 Å². The first-order valence-corrected chi connectivity index (χ1v) is 6.25. The van der Waals surface area contributed by atoms with Crippen molar-refractivity contribution in [3.8, 4) is 11.4 Å². The first kappa shape index (κ1) is 12.8. The number of H-pyrrole nitrogens is 1. The standard InChI is InChI=1S/C14H10F2N2OS/c1-19-13-7-9(3-4-10(13)16)18-12-6-8(15)2-5-11(12)17-14(18)20/h2-7H,1H3,(H,17,20). The van der Waals surface area contributed by atoms with E-state index in [4.69, 9.17) is 17.0 Å². The average Bonchev–Trinajstić information content (AvgIpc) is 2.75. The minimum absolute atomic E-state index is 0.107. The highest BCUT2D eigenvalue weighted by atomic mass is 32.1. The van der Waals surface area contributed by atoms with Crippen LogP contribution in [0.4, 0.5) is 8.78 Å². The van der Waals surface area contributed by atoms with Gasteiger partial charge in [-0.1, -0.05) is 0 Å². The van der Waals surface area contributed by atoms with Crippen molar-refractivity contribution in [3.63, 3.8) is 0 Å². The zero-order valence-corrected chi connectivity index (χ0v) is 11.3. The van der Waals surface area contributed by atoms with Gasteiger partial charge in [-0.25, -0.2) is 8.78 Å². The first-order chi connectivity index (χ1) is 9.60. The van der Waals surface area contributed by atoms with E-state index < -0.39 is 5.82 Å². The van der Waals surface area contributed by atoms with E-state index in [1.54, 1.807) is 16.7 Å². The number of ether oxygens (including phenoxy) is 1. The van der Waals surface area contributed by atoms with Crippen molar-refractivity contribution >= 4 is 23.3 Å². The third kappa shape index (κ3) is 1.98. The van der Waals surface area contributed by atoms with E-state index in [-0.39, 0.29) is 11.6 Å². The number of nitrogens with zero attached hydrogens (tertiary/aromatic N) is 1. The van der Waals surface area contributed by atoms with Crippen LogP contribution in [0.5, 0.6) is 5.75 Å². The Labute approximate surface area is 118 Å². The number of nitrogens with one attached hydrogen (secondary N) is 1. The maximum atomic E-state index is 13.5. The van der Waals surface area contributed by atoms with Crippen molar-refractivity contribution in [2.45, 2.75) is 0 Å². The molecule has 0 fully saturated rings. The van der Waals surface area contributed by atoms with Crippen LogP contribution in [0.1, 0.15) is 0 Å². The van der Waals surface area contributed by atoms with Crippen LogP contribution in [0.3, 0.4) is 0 Å². The molecule has 3 nitrogen and oxygen atoms in total. The SMILES string of the molecule is COc1cc(-n2c(=S)[nH]c3ccc(F)cc32)ccc1F. The molecule has 3 aromatic rings. The van der Waals surface area contributed by atoms with E-state index in [0.717, 1.165) is 0 Å². The largest absolute Gasteiger partial charge is 0.494 e. The molecule has 0 atom stereocenters. The van der Waals surface area contributed by atoms with Crippen molar-refractivity contribution in [2.24, 2.45) is 0 Å². The lowest BCUT2D eigenvalue weighted by Gasteiger charge is -2.08. The van der Waals surface area contributed by atoms with E-state index in [1.165, 1.54) is 31.4 Å². The number of benzene rings is 2. The number of methoxy groups -OCH3 is 1. The van der Waals surface area contributed by atoms with Gasteiger partial charge < -0.3 is 9.72 Å².